The summed E-state index contributed by atoms with van der Waals surface area (Å²) < 4.78 is 5.53. The topological polar surface area (TPSA) is 138 Å². The largest absolute Gasteiger partial charge is 0.444 e. The van der Waals surface area contributed by atoms with Gasteiger partial charge in [-0.15, -0.1) is 0 Å². The first kappa shape index (κ1) is 29.4. The van der Waals surface area contributed by atoms with Crippen LogP contribution in [0.4, 0.5) is 27.9 Å². The summed E-state index contributed by atoms with van der Waals surface area (Å²) in [5.41, 5.74) is 2.76. The first-order valence-corrected chi connectivity index (χ1v) is 14.6. The number of carbonyl (C=O) groups is 2. The number of piperazine rings is 1. The zero-order chi connectivity index (χ0) is 31.4. The van der Waals surface area contributed by atoms with Crippen molar-refractivity contribution in [2.75, 3.05) is 41.7 Å². The summed E-state index contributed by atoms with van der Waals surface area (Å²) in [6.07, 6.45) is 7.91. The number of pyridine rings is 3. The van der Waals surface area contributed by atoms with Crippen LogP contribution in [0.3, 0.4) is 0 Å². The quantitative estimate of drug-likeness (QED) is 0.255. The smallest absolute Gasteiger partial charge is 0.410 e. The average Bonchev–Trinajstić information content (AvgIpc) is 3.04. The minimum atomic E-state index is -0.543. The van der Waals surface area contributed by atoms with Crippen molar-refractivity contribution in [1.29, 1.82) is 0 Å². The standard InChI is InChI=1S/C33H33N9O3/c1-33(2,3)45-32(44)42-15-13-41(14-16-42)30-18-23(8-10-37-30)27-19-25(20-28(39-27)40-29-21-34-11-12-36-29)38-31(43)24-6-7-26-22(17-24)5-4-9-35-26/h4-12,17-21H,13-16H2,1-3H3,(H2,36,38,39,40,43). The van der Waals surface area contributed by atoms with Gasteiger partial charge in [0.25, 0.3) is 5.91 Å². The monoisotopic (exact) mass is 603 g/mol. The molecule has 0 radical (unpaired) electrons. The van der Waals surface area contributed by atoms with Crippen LogP contribution in [0.25, 0.3) is 22.2 Å². The zero-order valence-electron chi connectivity index (χ0n) is 25.3. The van der Waals surface area contributed by atoms with Crippen molar-refractivity contribution < 1.29 is 14.3 Å². The lowest BCUT2D eigenvalue weighted by molar-refractivity contribution is 0.0240. The summed E-state index contributed by atoms with van der Waals surface area (Å²) in [4.78, 5) is 51.9. The number of hydrogen-bond acceptors (Lipinski definition) is 10. The maximum atomic E-state index is 13.3. The molecular weight excluding hydrogens is 570 g/mol. The second-order valence-electron chi connectivity index (χ2n) is 11.6. The normalized spacial score (nSPS) is 13.4. The fourth-order valence-corrected chi connectivity index (χ4v) is 4.92. The van der Waals surface area contributed by atoms with Crippen LogP contribution in [-0.4, -0.2) is 73.6 Å². The lowest BCUT2D eigenvalue weighted by atomic mass is 10.1. The second kappa shape index (κ2) is 12.5. The number of anilines is 4. The highest BCUT2D eigenvalue weighted by molar-refractivity contribution is 6.06. The van der Waals surface area contributed by atoms with Crippen LogP contribution in [-0.2, 0) is 4.74 Å². The lowest BCUT2D eigenvalue weighted by Gasteiger charge is -2.36. The maximum Gasteiger partial charge on any atom is 0.410 e. The molecule has 12 heteroatoms. The minimum Gasteiger partial charge on any atom is -0.444 e. The summed E-state index contributed by atoms with van der Waals surface area (Å²) in [6.45, 7) is 7.86. The Labute approximate surface area is 260 Å². The number of rotatable bonds is 6. The number of ether oxygens (including phenoxy) is 1. The summed E-state index contributed by atoms with van der Waals surface area (Å²) in [5.74, 6) is 1.50. The number of amides is 2. The van der Waals surface area contributed by atoms with E-state index in [9.17, 15) is 9.59 Å². The van der Waals surface area contributed by atoms with Crippen LogP contribution in [0.15, 0.2) is 85.6 Å². The van der Waals surface area contributed by atoms with E-state index in [1.54, 1.807) is 48.0 Å². The van der Waals surface area contributed by atoms with Crippen LogP contribution >= 0.6 is 0 Å². The fraction of sp³-hybridized carbons (Fsp3) is 0.242. The Hall–Kier alpha value is -5.65. The molecule has 6 rings (SSSR count). The van der Waals surface area contributed by atoms with Crippen molar-refractivity contribution in [2.24, 2.45) is 0 Å². The van der Waals surface area contributed by atoms with Gasteiger partial charge in [-0.2, -0.15) is 0 Å². The van der Waals surface area contributed by atoms with E-state index in [1.165, 1.54) is 0 Å². The van der Waals surface area contributed by atoms with Gasteiger partial charge in [-0.1, -0.05) is 6.07 Å². The lowest BCUT2D eigenvalue weighted by Crippen LogP contribution is -2.50. The molecule has 228 valence electrons. The van der Waals surface area contributed by atoms with E-state index in [0.717, 1.165) is 22.3 Å². The Balaban J connectivity index is 1.25. The minimum absolute atomic E-state index is 0.262. The number of carbonyl (C=O) groups excluding carboxylic acids is 2. The Bertz CT molecular complexity index is 1840. The second-order valence-corrected chi connectivity index (χ2v) is 11.6. The Kier molecular flexibility index (Phi) is 8.19. The van der Waals surface area contributed by atoms with Crippen LogP contribution < -0.4 is 15.5 Å². The van der Waals surface area contributed by atoms with Crippen molar-refractivity contribution in [3.63, 3.8) is 0 Å². The summed E-state index contributed by atoms with van der Waals surface area (Å²) in [5, 5.41) is 7.08. The molecular formula is C33H33N9O3. The van der Waals surface area contributed by atoms with Gasteiger partial charge < -0.3 is 25.2 Å². The van der Waals surface area contributed by atoms with Crippen molar-refractivity contribution >= 4 is 46.0 Å². The molecule has 12 nitrogen and oxygen atoms in total. The first-order valence-electron chi connectivity index (χ1n) is 14.6. The Morgan fingerprint density at radius 2 is 1.69 bits per heavy atom. The van der Waals surface area contributed by atoms with E-state index in [0.29, 0.717) is 54.8 Å². The molecule has 0 atom stereocenters. The SMILES string of the molecule is CC(C)(C)OC(=O)N1CCN(c2cc(-c3cc(NC(=O)c4ccc5ncccc5c4)cc(Nc4cnccn4)n3)ccn2)CC1. The Morgan fingerprint density at radius 1 is 0.844 bits per heavy atom. The predicted octanol–water partition coefficient (Wildman–Crippen LogP) is 5.53. The molecule has 0 spiro atoms. The van der Waals surface area contributed by atoms with Gasteiger partial charge in [-0.25, -0.2) is 19.7 Å². The molecule has 0 aliphatic carbocycles. The van der Waals surface area contributed by atoms with Gasteiger partial charge in [0.1, 0.15) is 23.1 Å². The van der Waals surface area contributed by atoms with E-state index in [2.05, 4.69) is 35.5 Å². The van der Waals surface area contributed by atoms with E-state index < -0.39 is 5.60 Å². The molecule has 45 heavy (non-hydrogen) atoms. The van der Waals surface area contributed by atoms with Crippen molar-refractivity contribution in [2.45, 2.75) is 26.4 Å². The predicted molar refractivity (Wildman–Crippen MR) is 172 cm³/mol. The van der Waals surface area contributed by atoms with E-state index in [1.807, 2.05) is 63.2 Å². The molecule has 0 saturated carbocycles. The highest BCUT2D eigenvalue weighted by atomic mass is 16.6. The molecule has 2 amide bonds. The fourth-order valence-electron chi connectivity index (χ4n) is 4.92. The maximum absolute atomic E-state index is 13.3. The van der Waals surface area contributed by atoms with Crippen molar-refractivity contribution in [1.82, 2.24) is 29.8 Å². The zero-order valence-corrected chi connectivity index (χ0v) is 25.3. The Morgan fingerprint density at radius 3 is 2.47 bits per heavy atom. The number of benzene rings is 1. The van der Waals surface area contributed by atoms with Gasteiger partial charge in [0.2, 0.25) is 0 Å². The number of hydrogen-bond donors (Lipinski definition) is 2. The van der Waals surface area contributed by atoms with Crippen LogP contribution in [0, 0.1) is 0 Å². The summed E-state index contributed by atoms with van der Waals surface area (Å²) >= 11 is 0. The van der Waals surface area contributed by atoms with Crippen LogP contribution in [0.2, 0.25) is 0 Å². The van der Waals surface area contributed by atoms with E-state index >= 15 is 0 Å². The summed E-state index contributed by atoms with van der Waals surface area (Å²) in [7, 11) is 0. The molecule has 0 unspecified atom stereocenters. The third-order valence-corrected chi connectivity index (χ3v) is 7.06. The van der Waals surface area contributed by atoms with Gasteiger partial charge in [0, 0.05) is 79.2 Å². The third kappa shape index (κ3) is 7.29. The molecule has 1 saturated heterocycles. The molecule has 4 aromatic heterocycles. The molecule has 1 aliphatic rings. The molecule has 5 heterocycles. The molecule has 0 bridgehead atoms. The van der Waals surface area contributed by atoms with Crippen molar-refractivity contribution in [3.05, 3.63) is 91.1 Å². The van der Waals surface area contributed by atoms with Crippen molar-refractivity contribution in [3.8, 4) is 11.3 Å². The van der Waals surface area contributed by atoms with Crippen LogP contribution in [0.1, 0.15) is 31.1 Å². The summed E-state index contributed by atoms with van der Waals surface area (Å²) in [6, 6.07) is 16.6. The molecule has 5 aromatic rings. The van der Waals surface area contributed by atoms with E-state index in [4.69, 9.17) is 9.72 Å². The van der Waals surface area contributed by atoms with Gasteiger partial charge in [-0.3, -0.25) is 14.8 Å². The number of aromatic nitrogens is 5. The first-order chi connectivity index (χ1) is 21.7. The highest BCUT2D eigenvalue weighted by Gasteiger charge is 2.26. The van der Waals surface area contributed by atoms with E-state index in [-0.39, 0.29) is 12.0 Å². The number of fused-ring (bicyclic) bond motifs is 1. The highest BCUT2D eigenvalue weighted by Crippen LogP contribution is 2.28. The number of nitrogens with zero attached hydrogens (tertiary/aromatic N) is 7. The third-order valence-electron chi connectivity index (χ3n) is 7.06. The van der Waals surface area contributed by atoms with Gasteiger partial charge in [-0.05, 0) is 63.2 Å². The van der Waals surface area contributed by atoms with Gasteiger partial charge >= 0.3 is 6.09 Å². The van der Waals surface area contributed by atoms with Gasteiger partial charge in [0.15, 0.2) is 0 Å². The van der Waals surface area contributed by atoms with Crippen LogP contribution in [0.5, 0.6) is 0 Å². The average molecular weight is 604 g/mol. The van der Waals surface area contributed by atoms with Gasteiger partial charge in [0.05, 0.1) is 17.4 Å². The molecule has 1 aromatic carbocycles. The molecule has 2 N–H and O–H groups in total. The molecule has 1 aliphatic heterocycles. The number of nitrogens with one attached hydrogen (secondary N) is 2. The molecule has 1 fully saturated rings.